The van der Waals surface area contributed by atoms with Gasteiger partial charge in [-0.2, -0.15) is 0 Å². The molecule has 2 amide bonds. The topological polar surface area (TPSA) is 53.5 Å². The normalized spacial score (nSPS) is 17.8. The molecule has 1 unspecified atom stereocenters. The number of hydrogen-bond donors (Lipinski definition) is 0. The van der Waals surface area contributed by atoms with Crippen LogP contribution in [0.5, 0.6) is 0 Å². The SMILES string of the molecule is O=C1c2ccccc2N2C(=O)c3ccccc3C2N1Cc1ccccn1. The number of aromatic nitrogens is 1. The van der Waals surface area contributed by atoms with Crippen molar-refractivity contribution in [1.82, 2.24) is 9.88 Å². The molecule has 2 aliphatic rings. The Morgan fingerprint density at radius 3 is 2.35 bits per heavy atom. The first-order chi connectivity index (χ1) is 12.8. The largest absolute Gasteiger partial charge is 0.308 e. The van der Waals surface area contributed by atoms with Crippen LogP contribution in [-0.2, 0) is 6.54 Å². The van der Waals surface area contributed by atoms with E-state index in [0.717, 1.165) is 11.3 Å². The number of anilines is 1. The molecule has 0 saturated heterocycles. The summed E-state index contributed by atoms with van der Waals surface area (Å²) in [4.78, 5) is 34.1. The predicted octanol–water partition coefficient (Wildman–Crippen LogP) is 3.40. The van der Waals surface area contributed by atoms with Crippen LogP contribution in [0.25, 0.3) is 0 Å². The standard InChI is InChI=1S/C21H15N3O2/c25-20-17-10-3-4-11-18(17)24-19(15-8-1-2-9-16(15)21(24)26)23(20)13-14-7-5-6-12-22-14/h1-12,19H,13H2. The number of benzene rings is 2. The minimum absolute atomic E-state index is 0.0726. The molecule has 3 aromatic rings. The van der Waals surface area contributed by atoms with Gasteiger partial charge in [-0.25, -0.2) is 0 Å². The fraction of sp³-hybridized carbons (Fsp3) is 0.0952. The van der Waals surface area contributed by atoms with Crippen LogP contribution in [0.2, 0.25) is 0 Å². The Kier molecular flexibility index (Phi) is 3.15. The Balaban J connectivity index is 1.70. The van der Waals surface area contributed by atoms with E-state index in [9.17, 15) is 9.59 Å². The molecule has 5 rings (SSSR count). The Bertz CT molecular complexity index is 1030. The molecule has 2 aliphatic heterocycles. The third-order valence-corrected chi connectivity index (χ3v) is 4.94. The van der Waals surface area contributed by atoms with Crippen LogP contribution in [0.1, 0.15) is 38.1 Å². The molecule has 5 heteroatoms. The molecule has 5 nitrogen and oxygen atoms in total. The quantitative estimate of drug-likeness (QED) is 0.718. The molecule has 0 spiro atoms. The fourth-order valence-corrected chi connectivity index (χ4v) is 3.80. The summed E-state index contributed by atoms with van der Waals surface area (Å²) in [7, 11) is 0. The van der Waals surface area contributed by atoms with Crippen LogP contribution in [-0.4, -0.2) is 21.7 Å². The lowest BCUT2D eigenvalue weighted by molar-refractivity contribution is 0.0627. The maximum atomic E-state index is 13.2. The Hall–Kier alpha value is -3.47. The number of carbonyl (C=O) groups is 2. The van der Waals surface area contributed by atoms with Crippen LogP contribution in [0.15, 0.2) is 72.9 Å². The monoisotopic (exact) mass is 341 g/mol. The highest BCUT2D eigenvalue weighted by molar-refractivity contribution is 6.16. The van der Waals surface area contributed by atoms with Crippen LogP contribution < -0.4 is 4.90 Å². The minimum Gasteiger partial charge on any atom is -0.308 e. The lowest BCUT2D eigenvalue weighted by Crippen LogP contribution is -2.47. The van der Waals surface area contributed by atoms with Crippen molar-refractivity contribution in [3.63, 3.8) is 0 Å². The molecule has 126 valence electrons. The molecule has 26 heavy (non-hydrogen) atoms. The highest BCUT2D eigenvalue weighted by Crippen LogP contribution is 2.45. The van der Waals surface area contributed by atoms with Gasteiger partial charge in [0.2, 0.25) is 0 Å². The summed E-state index contributed by atoms with van der Waals surface area (Å²) in [6.07, 6.45) is 1.27. The predicted molar refractivity (Wildman–Crippen MR) is 96.5 cm³/mol. The minimum atomic E-state index is -0.442. The number of pyridine rings is 1. The van der Waals surface area contributed by atoms with Crippen LogP contribution in [0.4, 0.5) is 5.69 Å². The van der Waals surface area contributed by atoms with Gasteiger partial charge >= 0.3 is 0 Å². The highest BCUT2D eigenvalue weighted by atomic mass is 16.2. The third-order valence-electron chi connectivity index (χ3n) is 4.94. The first kappa shape index (κ1) is 14.8. The number of amides is 2. The number of carbonyl (C=O) groups excluding carboxylic acids is 2. The summed E-state index contributed by atoms with van der Waals surface area (Å²) in [5.41, 5.74) is 3.50. The number of rotatable bonds is 2. The Morgan fingerprint density at radius 2 is 1.54 bits per heavy atom. The van der Waals surface area contributed by atoms with E-state index in [4.69, 9.17) is 0 Å². The van der Waals surface area contributed by atoms with E-state index in [1.165, 1.54) is 0 Å². The van der Waals surface area contributed by atoms with Gasteiger partial charge in [0, 0.05) is 17.3 Å². The van der Waals surface area contributed by atoms with Crippen molar-refractivity contribution >= 4 is 17.5 Å². The molecule has 1 aromatic heterocycles. The lowest BCUT2D eigenvalue weighted by atomic mass is 10.0. The zero-order valence-corrected chi connectivity index (χ0v) is 13.9. The second kappa shape index (κ2) is 5.52. The van der Waals surface area contributed by atoms with Gasteiger partial charge in [-0.05, 0) is 30.3 Å². The first-order valence-electron chi connectivity index (χ1n) is 8.48. The van der Waals surface area contributed by atoms with Crippen molar-refractivity contribution in [2.45, 2.75) is 12.7 Å². The zero-order valence-electron chi connectivity index (χ0n) is 13.9. The van der Waals surface area contributed by atoms with Crippen LogP contribution >= 0.6 is 0 Å². The molecular formula is C21H15N3O2. The maximum Gasteiger partial charge on any atom is 0.260 e. The summed E-state index contributed by atoms with van der Waals surface area (Å²) in [5, 5.41) is 0. The average molecular weight is 341 g/mol. The van der Waals surface area contributed by atoms with Gasteiger partial charge in [0.1, 0.15) is 6.17 Å². The Labute approximate surface area is 150 Å². The van der Waals surface area contributed by atoms with E-state index < -0.39 is 6.17 Å². The van der Waals surface area contributed by atoms with Gasteiger partial charge in [0.05, 0.1) is 23.5 Å². The molecule has 0 fully saturated rings. The van der Waals surface area contributed by atoms with Gasteiger partial charge < -0.3 is 4.90 Å². The summed E-state index contributed by atoms with van der Waals surface area (Å²) in [6, 6.07) is 20.4. The van der Waals surface area contributed by atoms with Crippen molar-refractivity contribution in [2.75, 3.05) is 4.90 Å². The molecular weight excluding hydrogens is 326 g/mol. The van der Waals surface area contributed by atoms with Crippen molar-refractivity contribution in [3.8, 4) is 0 Å². The van der Waals surface area contributed by atoms with Crippen molar-refractivity contribution < 1.29 is 9.59 Å². The van der Waals surface area contributed by atoms with Gasteiger partial charge in [0.25, 0.3) is 11.8 Å². The van der Waals surface area contributed by atoms with Crippen molar-refractivity contribution in [1.29, 1.82) is 0 Å². The number of fused-ring (bicyclic) bond motifs is 5. The van der Waals surface area contributed by atoms with Crippen LogP contribution in [0.3, 0.4) is 0 Å². The molecule has 0 aliphatic carbocycles. The first-order valence-corrected chi connectivity index (χ1v) is 8.48. The third kappa shape index (κ3) is 2.00. The molecule has 1 atom stereocenters. The van der Waals surface area contributed by atoms with E-state index in [2.05, 4.69) is 4.98 Å². The van der Waals surface area contributed by atoms with E-state index in [0.29, 0.717) is 23.4 Å². The second-order valence-corrected chi connectivity index (χ2v) is 6.41. The molecule has 0 radical (unpaired) electrons. The summed E-state index contributed by atoms with van der Waals surface area (Å²) >= 11 is 0. The summed E-state index contributed by atoms with van der Waals surface area (Å²) in [5.74, 6) is -0.159. The molecule has 3 heterocycles. The molecule has 0 bridgehead atoms. The number of para-hydroxylation sites is 1. The van der Waals surface area contributed by atoms with Crippen molar-refractivity contribution in [3.05, 3.63) is 95.3 Å². The van der Waals surface area contributed by atoms with Gasteiger partial charge in [0.15, 0.2) is 0 Å². The molecule has 0 N–H and O–H groups in total. The summed E-state index contributed by atoms with van der Waals surface area (Å²) in [6.45, 7) is 0.344. The van der Waals surface area contributed by atoms with E-state index in [-0.39, 0.29) is 11.8 Å². The zero-order chi connectivity index (χ0) is 17.7. The average Bonchev–Trinajstić information content (AvgIpc) is 2.99. The Morgan fingerprint density at radius 1 is 0.808 bits per heavy atom. The maximum absolute atomic E-state index is 13.2. The van der Waals surface area contributed by atoms with Gasteiger partial charge in [-0.15, -0.1) is 0 Å². The van der Waals surface area contributed by atoms with Gasteiger partial charge in [-0.1, -0.05) is 36.4 Å². The molecule has 0 saturated carbocycles. The smallest absolute Gasteiger partial charge is 0.260 e. The molecule has 2 aromatic carbocycles. The van der Waals surface area contributed by atoms with Gasteiger partial charge in [-0.3, -0.25) is 19.5 Å². The van der Waals surface area contributed by atoms with Crippen molar-refractivity contribution in [2.24, 2.45) is 0 Å². The fourth-order valence-electron chi connectivity index (χ4n) is 3.80. The number of hydrogen-bond acceptors (Lipinski definition) is 3. The second-order valence-electron chi connectivity index (χ2n) is 6.41. The summed E-state index contributed by atoms with van der Waals surface area (Å²) < 4.78 is 0. The van der Waals surface area contributed by atoms with E-state index in [1.54, 1.807) is 22.1 Å². The van der Waals surface area contributed by atoms with Crippen LogP contribution in [0, 0.1) is 0 Å². The van der Waals surface area contributed by atoms with E-state index >= 15 is 0 Å². The highest BCUT2D eigenvalue weighted by Gasteiger charge is 2.47. The lowest BCUT2D eigenvalue weighted by Gasteiger charge is -2.40. The number of nitrogens with zero attached hydrogens (tertiary/aromatic N) is 3. The van der Waals surface area contributed by atoms with E-state index in [1.807, 2.05) is 60.7 Å².